The number of aliphatic carboxylic acids is 1. The number of hydrogen-bond donors (Lipinski definition) is 1. The minimum absolute atomic E-state index is 0.656. The van der Waals surface area contributed by atoms with E-state index in [2.05, 4.69) is 10.2 Å². The molecule has 0 aliphatic carbocycles. The summed E-state index contributed by atoms with van der Waals surface area (Å²) in [4.78, 5) is 10.8. The molecule has 0 amide bonds. The summed E-state index contributed by atoms with van der Waals surface area (Å²) in [6.45, 7) is 3.45. The molecule has 1 N–H and O–H groups in total. The molecule has 0 fully saturated rings. The predicted octanol–water partition coefficient (Wildman–Crippen LogP) is 0.724. The fraction of sp³-hybridized carbons (Fsp3) is 0.444. The van der Waals surface area contributed by atoms with Gasteiger partial charge in [-0.05, 0) is 13.8 Å². The molecule has 0 bridgehead atoms. The van der Waals surface area contributed by atoms with Crippen molar-refractivity contribution >= 4 is 17.0 Å². The van der Waals surface area contributed by atoms with Gasteiger partial charge in [-0.3, -0.25) is 9.36 Å². The summed E-state index contributed by atoms with van der Waals surface area (Å²) in [6, 6.07) is -0.656. The van der Waals surface area contributed by atoms with Crippen LogP contribution in [0, 0.1) is 6.92 Å². The summed E-state index contributed by atoms with van der Waals surface area (Å²) in [7, 11) is 1.81. The Balaban J connectivity index is 2.57. The van der Waals surface area contributed by atoms with Gasteiger partial charge in [0.1, 0.15) is 17.1 Å². The molecular weight excluding hydrogens is 196 g/mol. The van der Waals surface area contributed by atoms with Gasteiger partial charge in [0.05, 0.1) is 11.9 Å². The van der Waals surface area contributed by atoms with Gasteiger partial charge in [0, 0.05) is 7.05 Å². The minimum atomic E-state index is -0.895. The number of rotatable bonds is 2. The Kier molecular flexibility index (Phi) is 1.99. The normalized spacial score (nSPS) is 13.3. The highest BCUT2D eigenvalue weighted by Gasteiger charge is 2.17. The Morgan fingerprint density at radius 2 is 2.20 bits per heavy atom. The van der Waals surface area contributed by atoms with Crippen molar-refractivity contribution in [2.45, 2.75) is 19.9 Å². The zero-order chi connectivity index (χ0) is 11.2. The van der Waals surface area contributed by atoms with Gasteiger partial charge >= 0.3 is 5.97 Å². The number of carbonyl (C=O) groups is 1. The number of aryl methyl sites for hydroxylation is 2. The number of aromatic nitrogens is 4. The Morgan fingerprint density at radius 3 is 2.73 bits per heavy atom. The molecule has 0 radical (unpaired) electrons. The SMILES string of the molecule is Cc1nn(C)c2cn(C(C)C(=O)O)nc12. The first-order valence-electron chi connectivity index (χ1n) is 4.62. The second kappa shape index (κ2) is 3.08. The average Bonchev–Trinajstić information content (AvgIpc) is 2.68. The van der Waals surface area contributed by atoms with Crippen molar-refractivity contribution < 1.29 is 9.90 Å². The lowest BCUT2D eigenvalue weighted by Crippen LogP contribution is -2.16. The van der Waals surface area contributed by atoms with Gasteiger partial charge < -0.3 is 5.11 Å². The summed E-state index contributed by atoms with van der Waals surface area (Å²) >= 11 is 0. The van der Waals surface area contributed by atoms with Crippen molar-refractivity contribution in [1.29, 1.82) is 0 Å². The molecule has 80 valence electrons. The van der Waals surface area contributed by atoms with Crippen LogP contribution in [0.1, 0.15) is 18.7 Å². The largest absolute Gasteiger partial charge is 0.480 e. The van der Waals surface area contributed by atoms with Gasteiger partial charge in [-0.1, -0.05) is 0 Å². The van der Waals surface area contributed by atoms with Crippen LogP contribution in [0.4, 0.5) is 0 Å². The Labute approximate surface area is 86.1 Å². The highest BCUT2D eigenvalue weighted by Crippen LogP contribution is 2.17. The van der Waals surface area contributed by atoms with Crippen LogP contribution >= 0.6 is 0 Å². The van der Waals surface area contributed by atoms with Crippen molar-refractivity contribution in [2.75, 3.05) is 0 Å². The lowest BCUT2D eigenvalue weighted by atomic mass is 10.3. The topological polar surface area (TPSA) is 72.9 Å². The van der Waals surface area contributed by atoms with E-state index in [9.17, 15) is 4.79 Å². The van der Waals surface area contributed by atoms with E-state index in [0.717, 1.165) is 16.7 Å². The number of carboxylic acids is 1. The van der Waals surface area contributed by atoms with Crippen molar-refractivity contribution in [2.24, 2.45) is 7.05 Å². The molecule has 0 aliphatic rings. The van der Waals surface area contributed by atoms with Crippen LogP contribution in [0.2, 0.25) is 0 Å². The summed E-state index contributed by atoms with van der Waals surface area (Å²) in [5.41, 5.74) is 2.41. The van der Waals surface area contributed by atoms with Crippen LogP contribution in [0.5, 0.6) is 0 Å². The second-order valence-corrected chi connectivity index (χ2v) is 3.57. The number of carboxylic acid groups (broad SMARTS) is 1. The third kappa shape index (κ3) is 1.38. The van der Waals surface area contributed by atoms with E-state index in [1.807, 2.05) is 14.0 Å². The molecule has 1 atom stereocenters. The van der Waals surface area contributed by atoms with E-state index in [0.29, 0.717) is 0 Å². The molecule has 6 nitrogen and oxygen atoms in total. The predicted molar refractivity (Wildman–Crippen MR) is 53.6 cm³/mol. The van der Waals surface area contributed by atoms with Gasteiger partial charge in [0.2, 0.25) is 0 Å². The smallest absolute Gasteiger partial charge is 0.328 e. The zero-order valence-corrected chi connectivity index (χ0v) is 8.80. The van der Waals surface area contributed by atoms with Crippen LogP contribution in [0.25, 0.3) is 11.0 Å². The van der Waals surface area contributed by atoms with Gasteiger partial charge in [0.25, 0.3) is 0 Å². The molecule has 0 aliphatic heterocycles. The molecule has 0 spiro atoms. The second-order valence-electron chi connectivity index (χ2n) is 3.57. The van der Waals surface area contributed by atoms with Gasteiger partial charge in [-0.2, -0.15) is 10.2 Å². The molecule has 0 aromatic carbocycles. The molecule has 15 heavy (non-hydrogen) atoms. The van der Waals surface area contributed by atoms with E-state index < -0.39 is 12.0 Å². The molecule has 2 heterocycles. The van der Waals surface area contributed by atoms with Crippen molar-refractivity contribution in [3.8, 4) is 0 Å². The van der Waals surface area contributed by atoms with Crippen molar-refractivity contribution in [3.05, 3.63) is 11.9 Å². The molecule has 6 heteroatoms. The molecule has 0 saturated carbocycles. The maximum Gasteiger partial charge on any atom is 0.328 e. The van der Waals surface area contributed by atoms with E-state index >= 15 is 0 Å². The van der Waals surface area contributed by atoms with Gasteiger partial charge in [-0.25, -0.2) is 4.79 Å². The van der Waals surface area contributed by atoms with E-state index in [1.165, 1.54) is 4.68 Å². The standard InChI is InChI=1S/C9H12N4O2/c1-5-8-7(12(3)10-5)4-13(11-8)6(2)9(14)15/h4,6H,1-3H3,(H,14,15). The maximum atomic E-state index is 10.8. The van der Waals surface area contributed by atoms with Crippen LogP contribution < -0.4 is 0 Å². The van der Waals surface area contributed by atoms with E-state index in [1.54, 1.807) is 17.8 Å². The highest BCUT2D eigenvalue weighted by atomic mass is 16.4. The first-order chi connectivity index (χ1) is 7.00. The quantitative estimate of drug-likeness (QED) is 0.789. The lowest BCUT2D eigenvalue weighted by molar-refractivity contribution is -0.140. The first kappa shape index (κ1) is 9.70. The van der Waals surface area contributed by atoms with Crippen LogP contribution in [0.3, 0.4) is 0 Å². The molecule has 2 aromatic rings. The van der Waals surface area contributed by atoms with Crippen molar-refractivity contribution in [1.82, 2.24) is 19.6 Å². The lowest BCUT2D eigenvalue weighted by Gasteiger charge is -2.05. The number of nitrogens with zero attached hydrogens (tertiary/aromatic N) is 4. The monoisotopic (exact) mass is 208 g/mol. The molecule has 1 unspecified atom stereocenters. The summed E-state index contributed by atoms with van der Waals surface area (Å²) in [5, 5.41) is 17.2. The van der Waals surface area contributed by atoms with E-state index in [-0.39, 0.29) is 0 Å². The maximum absolute atomic E-state index is 10.8. The minimum Gasteiger partial charge on any atom is -0.480 e. The van der Waals surface area contributed by atoms with E-state index in [4.69, 9.17) is 5.11 Å². The third-order valence-corrected chi connectivity index (χ3v) is 2.46. The number of hydrogen-bond acceptors (Lipinski definition) is 3. The summed E-state index contributed by atoms with van der Waals surface area (Å²) in [5.74, 6) is -0.895. The first-order valence-corrected chi connectivity index (χ1v) is 4.62. The summed E-state index contributed by atoms with van der Waals surface area (Å²) in [6.07, 6.45) is 1.70. The molecule has 2 aromatic heterocycles. The molecular formula is C9H12N4O2. The number of fused-ring (bicyclic) bond motifs is 1. The Bertz CT molecular complexity index is 491. The Morgan fingerprint density at radius 1 is 1.53 bits per heavy atom. The molecule has 2 rings (SSSR count). The molecule has 0 saturated heterocycles. The van der Waals surface area contributed by atoms with Crippen molar-refractivity contribution in [3.63, 3.8) is 0 Å². The van der Waals surface area contributed by atoms with Gasteiger partial charge in [0.15, 0.2) is 0 Å². The average molecular weight is 208 g/mol. The van der Waals surface area contributed by atoms with Gasteiger partial charge in [-0.15, -0.1) is 0 Å². The fourth-order valence-electron chi connectivity index (χ4n) is 1.51. The van der Waals surface area contributed by atoms with Crippen LogP contribution in [-0.4, -0.2) is 30.6 Å². The Hall–Kier alpha value is -1.85. The highest BCUT2D eigenvalue weighted by molar-refractivity contribution is 5.78. The fourth-order valence-corrected chi connectivity index (χ4v) is 1.51. The third-order valence-electron chi connectivity index (χ3n) is 2.46. The van der Waals surface area contributed by atoms with Crippen LogP contribution in [0.15, 0.2) is 6.20 Å². The zero-order valence-electron chi connectivity index (χ0n) is 8.80. The van der Waals surface area contributed by atoms with Crippen LogP contribution in [-0.2, 0) is 11.8 Å². The summed E-state index contributed by atoms with van der Waals surface area (Å²) < 4.78 is 3.14.